The van der Waals surface area contributed by atoms with Crippen LogP contribution in [0.2, 0.25) is 5.02 Å². The monoisotopic (exact) mass is 476 g/mol. The highest BCUT2D eigenvalue weighted by atomic mass is 35.5. The largest absolute Gasteiger partial charge is 0.507 e. The van der Waals surface area contributed by atoms with Crippen LogP contribution in [0, 0.1) is 0 Å². The highest BCUT2D eigenvalue weighted by molar-refractivity contribution is 6.51. The number of nitrogens with zero attached hydrogens (tertiary/aromatic N) is 1. The fourth-order valence-corrected chi connectivity index (χ4v) is 4.03. The number of hydrogen-bond donors (Lipinski definition) is 2. The molecule has 1 fully saturated rings. The highest BCUT2D eigenvalue weighted by Crippen LogP contribution is 2.43. The maximum Gasteiger partial charge on any atom is 0.300 e. The number of nitrogens with one attached hydrogen (secondary N) is 1. The van der Waals surface area contributed by atoms with E-state index in [1.165, 1.54) is 18.9 Å². The van der Waals surface area contributed by atoms with Crippen molar-refractivity contribution in [3.8, 4) is 5.75 Å². The Morgan fingerprint density at radius 1 is 1.03 bits per heavy atom. The summed E-state index contributed by atoms with van der Waals surface area (Å²) in [6.45, 7) is 1.38. The Hall–Kier alpha value is -4.10. The smallest absolute Gasteiger partial charge is 0.300 e. The van der Waals surface area contributed by atoms with E-state index in [1.54, 1.807) is 72.8 Å². The Labute approximate surface area is 201 Å². The number of benzene rings is 3. The number of ketones is 1. The molecule has 4 rings (SSSR count). The van der Waals surface area contributed by atoms with Gasteiger partial charge in [-0.2, -0.15) is 0 Å². The zero-order valence-electron chi connectivity index (χ0n) is 18.4. The third-order valence-corrected chi connectivity index (χ3v) is 5.69. The SMILES string of the molecule is COc1ccc(C2/C(=C(\O)c3ccc(Cl)cc3)C(=O)C(=O)N2c2cccc(NC(C)=O)c2)cc1. The predicted molar refractivity (Wildman–Crippen MR) is 130 cm³/mol. The van der Waals surface area contributed by atoms with Crippen molar-refractivity contribution in [2.24, 2.45) is 0 Å². The normalized spacial score (nSPS) is 17.0. The number of hydrogen-bond acceptors (Lipinski definition) is 5. The first-order chi connectivity index (χ1) is 16.3. The number of Topliss-reactive ketones (excluding diaryl/α,β-unsaturated/α-hetero) is 1. The number of anilines is 2. The molecule has 1 heterocycles. The Kier molecular flexibility index (Phi) is 6.38. The summed E-state index contributed by atoms with van der Waals surface area (Å²) in [5.74, 6) is -1.59. The fourth-order valence-electron chi connectivity index (χ4n) is 3.90. The molecule has 7 nitrogen and oxygen atoms in total. The molecule has 0 aromatic heterocycles. The molecule has 0 aliphatic carbocycles. The molecular formula is C26H21ClN2O5. The molecule has 1 saturated heterocycles. The number of carbonyl (C=O) groups is 3. The number of carbonyl (C=O) groups excluding carboxylic acids is 3. The van der Waals surface area contributed by atoms with Crippen molar-refractivity contribution in [2.45, 2.75) is 13.0 Å². The van der Waals surface area contributed by atoms with Crippen molar-refractivity contribution in [1.82, 2.24) is 0 Å². The van der Waals surface area contributed by atoms with Gasteiger partial charge in [0.05, 0.1) is 18.7 Å². The number of amides is 2. The third-order valence-electron chi connectivity index (χ3n) is 5.44. The third kappa shape index (κ3) is 4.38. The second-order valence-electron chi connectivity index (χ2n) is 7.68. The van der Waals surface area contributed by atoms with E-state index in [2.05, 4.69) is 5.32 Å². The van der Waals surface area contributed by atoms with Gasteiger partial charge in [0.25, 0.3) is 11.7 Å². The van der Waals surface area contributed by atoms with Crippen LogP contribution in [0.4, 0.5) is 11.4 Å². The van der Waals surface area contributed by atoms with Gasteiger partial charge in [-0.05, 0) is 60.2 Å². The average Bonchev–Trinajstić information content (AvgIpc) is 3.09. The van der Waals surface area contributed by atoms with Gasteiger partial charge in [-0.3, -0.25) is 19.3 Å². The maximum absolute atomic E-state index is 13.2. The van der Waals surface area contributed by atoms with E-state index >= 15 is 0 Å². The van der Waals surface area contributed by atoms with Gasteiger partial charge in [0.15, 0.2) is 0 Å². The minimum atomic E-state index is -0.908. The molecule has 1 aliphatic rings. The number of rotatable bonds is 5. The maximum atomic E-state index is 13.2. The number of ether oxygens (including phenoxy) is 1. The molecule has 34 heavy (non-hydrogen) atoms. The predicted octanol–water partition coefficient (Wildman–Crippen LogP) is 4.93. The van der Waals surface area contributed by atoms with Crippen molar-refractivity contribution in [3.05, 3.63) is 94.5 Å². The average molecular weight is 477 g/mol. The molecule has 8 heteroatoms. The summed E-state index contributed by atoms with van der Waals surface area (Å²) in [6, 6.07) is 18.9. The number of methoxy groups -OCH3 is 1. The lowest BCUT2D eigenvalue weighted by molar-refractivity contribution is -0.132. The topological polar surface area (TPSA) is 95.9 Å². The Morgan fingerprint density at radius 3 is 2.32 bits per heavy atom. The quantitative estimate of drug-likeness (QED) is 0.309. The summed E-state index contributed by atoms with van der Waals surface area (Å²) >= 11 is 5.97. The molecule has 1 unspecified atom stereocenters. The molecule has 0 saturated carbocycles. The number of halogens is 1. The highest BCUT2D eigenvalue weighted by Gasteiger charge is 2.47. The van der Waals surface area contributed by atoms with E-state index in [9.17, 15) is 19.5 Å². The minimum Gasteiger partial charge on any atom is -0.507 e. The summed E-state index contributed by atoms with van der Waals surface area (Å²) in [6.07, 6.45) is 0. The van der Waals surface area contributed by atoms with Gasteiger partial charge in [0.1, 0.15) is 11.5 Å². The molecule has 0 spiro atoms. The van der Waals surface area contributed by atoms with Crippen molar-refractivity contribution in [1.29, 1.82) is 0 Å². The van der Waals surface area contributed by atoms with Gasteiger partial charge in [-0.25, -0.2) is 0 Å². The van der Waals surface area contributed by atoms with Crippen molar-refractivity contribution in [2.75, 3.05) is 17.3 Å². The molecular weight excluding hydrogens is 456 g/mol. The zero-order valence-corrected chi connectivity index (χ0v) is 19.2. The Bertz CT molecular complexity index is 1300. The summed E-state index contributed by atoms with van der Waals surface area (Å²) in [5.41, 5.74) is 1.76. The lowest BCUT2D eigenvalue weighted by Crippen LogP contribution is -2.29. The summed E-state index contributed by atoms with van der Waals surface area (Å²) in [5, 5.41) is 14.3. The van der Waals surface area contributed by atoms with Crippen LogP contribution >= 0.6 is 11.6 Å². The molecule has 0 radical (unpaired) electrons. The van der Waals surface area contributed by atoms with E-state index in [-0.39, 0.29) is 17.2 Å². The van der Waals surface area contributed by atoms with E-state index in [0.717, 1.165) is 0 Å². The van der Waals surface area contributed by atoms with E-state index in [0.29, 0.717) is 33.3 Å². The molecule has 2 N–H and O–H groups in total. The van der Waals surface area contributed by atoms with Crippen LogP contribution in [0.1, 0.15) is 24.1 Å². The fraction of sp³-hybridized carbons (Fsp3) is 0.115. The van der Waals surface area contributed by atoms with Crippen LogP contribution in [0.5, 0.6) is 5.75 Å². The molecule has 1 atom stereocenters. The lowest BCUT2D eigenvalue weighted by atomic mass is 9.95. The van der Waals surface area contributed by atoms with Crippen molar-refractivity contribution >= 4 is 46.3 Å². The van der Waals surface area contributed by atoms with Gasteiger partial charge in [0.2, 0.25) is 5.91 Å². The summed E-state index contributed by atoms with van der Waals surface area (Å²) in [7, 11) is 1.54. The first kappa shape index (κ1) is 23.1. The molecule has 3 aromatic rings. The van der Waals surface area contributed by atoms with Crippen LogP contribution in [-0.4, -0.2) is 29.8 Å². The second-order valence-corrected chi connectivity index (χ2v) is 8.12. The van der Waals surface area contributed by atoms with Gasteiger partial charge in [0, 0.05) is 28.9 Å². The van der Waals surface area contributed by atoms with Crippen molar-refractivity contribution < 1.29 is 24.2 Å². The lowest BCUT2D eigenvalue weighted by Gasteiger charge is -2.26. The molecule has 172 valence electrons. The van der Waals surface area contributed by atoms with Crippen molar-refractivity contribution in [3.63, 3.8) is 0 Å². The van der Waals surface area contributed by atoms with Gasteiger partial charge in [-0.1, -0.05) is 29.8 Å². The van der Waals surface area contributed by atoms with Crippen LogP contribution in [0.3, 0.4) is 0 Å². The summed E-state index contributed by atoms with van der Waals surface area (Å²) in [4.78, 5) is 39.3. The van der Waals surface area contributed by atoms with Crippen LogP contribution in [0.25, 0.3) is 5.76 Å². The van der Waals surface area contributed by atoms with Crippen LogP contribution in [-0.2, 0) is 14.4 Å². The Morgan fingerprint density at radius 2 is 1.71 bits per heavy atom. The van der Waals surface area contributed by atoms with Gasteiger partial charge in [-0.15, -0.1) is 0 Å². The number of aliphatic hydroxyl groups is 1. The van der Waals surface area contributed by atoms with Gasteiger partial charge < -0.3 is 15.2 Å². The molecule has 2 amide bonds. The standard InChI is InChI=1S/C26H21ClN2O5/c1-15(30)28-19-4-3-5-20(14-19)29-23(16-8-12-21(34-2)13-9-16)22(25(32)26(29)33)24(31)17-6-10-18(27)11-7-17/h3-14,23,31H,1-2H3,(H,28,30)/b24-22+. The van der Waals surface area contributed by atoms with E-state index < -0.39 is 17.7 Å². The van der Waals surface area contributed by atoms with E-state index in [1.807, 2.05) is 0 Å². The molecule has 1 aliphatic heterocycles. The minimum absolute atomic E-state index is 0.0533. The van der Waals surface area contributed by atoms with Crippen LogP contribution < -0.4 is 15.0 Å². The zero-order chi connectivity index (χ0) is 24.4. The second kappa shape index (κ2) is 9.41. The summed E-state index contributed by atoms with van der Waals surface area (Å²) < 4.78 is 5.23. The van der Waals surface area contributed by atoms with Crippen LogP contribution in [0.15, 0.2) is 78.4 Å². The van der Waals surface area contributed by atoms with E-state index in [4.69, 9.17) is 16.3 Å². The number of aliphatic hydroxyl groups excluding tert-OH is 1. The first-order valence-electron chi connectivity index (χ1n) is 10.4. The van der Waals surface area contributed by atoms with Gasteiger partial charge >= 0.3 is 0 Å². The Balaban J connectivity index is 1.90. The molecule has 3 aromatic carbocycles. The molecule has 0 bridgehead atoms. The first-order valence-corrected chi connectivity index (χ1v) is 10.8.